The molecule has 1 N–H and O–H groups in total. The van der Waals surface area contributed by atoms with Crippen molar-refractivity contribution in [2.45, 2.75) is 71.8 Å². The lowest BCUT2D eigenvalue weighted by Gasteiger charge is -2.65. The zero-order chi connectivity index (χ0) is 25.3. The maximum absolute atomic E-state index is 13.4. The fourth-order valence-corrected chi connectivity index (χ4v) is 9.25. The van der Waals surface area contributed by atoms with E-state index in [0.717, 1.165) is 30.0 Å². The summed E-state index contributed by atoms with van der Waals surface area (Å²) >= 11 is 12.4. The first-order chi connectivity index (χ1) is 17.1. The second-order valence-electron chi connectivity index (χ2n) is 12.6. The van der Waals surface area contributed by atoms with Crippen LogP contribution < -0.4 is 5.32 Å². The number of rotatable bonds is 4. The Bertz CT molecular complexity index is 1250. The van der Waals surface area contributed by atoms with Crippen molar-refractivity contribution in [2.24, 2.45) is 22.2 Å². The van der Waals surface area contributed by atoms with Crippen LogP contribution in [0.3, 0.4) is 0 Å². The summed E-state index contributed by atoms with van der Waals surface area (Å²) in [5.41, 5.74) is 2.92. The van der Waals surface area contributed by atoms with Gasteiger partial charge in [-0.15, -0.1) is 0 Å². The van der Waals surface area contributed by atoms with Crippen LogP contribution in [0.4, 0.5) is 5.82 Å². The lowest BCUT2D eigenvalue weighted by atomic mass is 9.40. The van der Waals surface area contributed by atoms with Gasteiger partial charge in [0.05, 0.1) is 27.8 Å². The molecule has 1 aromatic heterocycles. The molecular weight excluding hydrogens is 495 g/mol. The number of halogens is 2. The molecule has 0 radical (unpaired) electrons. The van der Waals surface area contributed by atoms with Gasteiger partial charge in [0, 0.05) is 18.5 Å². The SMILES string of the molecule is CC12CC3CC(C)(C1)CC(CC(=O)Nc1ncnc4c1CCN(C(=O)c1cccc(Cl)c1Cl)C4)(C3)C2. The van der Waals surface area contributed by atoms with E-state index >= 15 is 0 Å². The second kappa shape index (κ2) is 8.42. The molecule has 190 valence electrons. The van der Waals surface area contributed by atoms with E-state index < -0.39 is 0 Å². The molecule has 1 aliphatic heterocycles. The summed E-state index contributed by atoms with van der Waals surface area (Å²) in [6, 6.07) is 5.07. The molecule has 4 saturated carbocycles. The van der Waals surface area contributed by atoms with Crippen LogP contribution in [0.15, 0.2) is 24.5 Å². The Morgan fingerprint density at radius 1 is 1.08 bits per heavy atom. The fourth-order valence-electron chi connectivity index (χ4n) is 8.87. The molecule has 2 amide bonds. The molecule has 0 saturated heterocycles. The van der Waals surface area contributed by atoms with Crippen molar-refractivity contribution in [1.82, 2.24) is 14.9 Å². The monoisotopic (exact) mass is 526 g/mol. The van der Waals surface area contributed by atoms with Crippen LogP contribution in [0.2, 0.25) is 10.0 Å². The number of anilines is 1. The molecule has 1 aromatic carbocycles. The molecule has 2 unspecified atom stereocenters. The number of carbonyl (C=O) groups excluding carboxylic acids is 2. The van der Waals surface area contributed by atoms with Gasteiger partial charge in [-0.1, -0.05) is 43.1 Å². The van der Waals surface area contributed by atoms with Gasteiger partial charge in [0.2, 0.25) is 5.91 Å². The quantitative estimate of drug-likeness (QED) is 0.506. The molecule has 0 spiro atoms. The topological polar surface area (TPSA) is 75.2 Å². The van der Waals surface area contributed by atoms with Crippen LogP contribution in [-0.4, -0.2) is 33.2 Å². The zero-order valence-corrected chi connectivity index (χ0v) is 22.4. The van der Waals surface area contributed by atoms with Crippen molar-refractivity contribution < 1.29 is 9.59 Å². The number of hydrogen-bond donors (Lipinski definition) is 1. The van der Waals surface area contributed by atoms with Crippen LogP contribution in [0.25, 0.3) is 0 Å². The number of amides is 2. The number of nitrogens with one attached hydrogen (secondary N) is 1. The number of nitrogens with zero attached hydrogens (tertiary/aromatic N) is 3. The molecule has 7 rings (SSSR count). The normalized spacial score (nSPS) is 32.3. The minimum absolute atomic E-state index is 0.0502. The van der Waals surface area contributed by atoms with Crippen molar-refractivity contribution in [3.05, 3.63) is 51.4 Å². The first-order valence-electron chi connectivity index (χ1n) is 12.9. The summed E-state index contributed by atoms with van der Waals surface area (Å²) < 4.78 is 0. The number of benzene rings is 1. The van der Waals surface area contributed by atoms with E-state index in [2.05, 4.69) is 29.1 Å². The van der Waals surface area contributed by atoms with Gasteiger partial charge in [-0.2, -0.15) is 0 Å². The molecule has 36 heavy (non-hydrogen) atoms. The minimum atomic E-state index is -0.179. The van der Waals surface area contributed by atoms with Gasteiger partial charge in [-0.25, -0.2) is 9.97 Å². The van der Waals surface area contributed by atoms with E-state index in [1.54, 1.807) is 23.1 Å². The average Bonchev–Trinajstić information content (AvgIpc) is 2.77. The third-order valence-electron chi connectivity index (χ3n) is 9.01. The van der Waals surface area contributed by atoms with Gasteiger partial charge in [-0.05, 0) is 79.2 Å². The lowest BCUT2D eigenvalue weighted by molar-refractivity contribution is -0.153. The molecule has 6 nitrogen and oxygen atoms in total. The maximum Gasteiger partial charge on any atom is 0.255 e. The molecule has 2 aromatic rings. The Labute approximate surface area is 222 Å². The van der Waals surface area contributed by atoms with Crippen LogP contribution in [0, 0.1) is 22.2 Å². The number of aromatic nitrogens is 2. The third-order valence-corrected chi connectivity index (χ3v) is 9.83. The standard InChI is InChI=1S/C28H32Cl2N4O2/c1-26-8-17-9-27(2,13-26)15-28(10-17,14-26)11-22(35)33-24-18-6-7-34(12-21(18)31-16-32-24)25(36)19-4-3-5-20(29)23(19)30/h3-5,16-17H,6-15H2,1-2H3,(H,31,32,33,35). The van der Waals surface area contributed by atoms with E-state index in [-0.39, 0.29) is 22.3 Å². The van der Waals surface area contributed by atoms with Crippen molar-refractivity contribution in [3.63, 3.8) is 0 Å². The summed E-state index contributed by atoms with van der Waals surface area (Å²) in [6.45, 7) is 5.71. The van der Waals surface area contributed by atoms with Crippen molar-refractivity contribution >= 4 is 40.8 Å². The predicted molar refractivity (Wildman–Crippen MR) is 140 cm³/mol. The van der Waals surface area contributed by atoms with Crippen LogP contribution in [0.5, 0.6) is 0 Å². The molecule has 8 heteroatoms. The largest absolute Gasteiger partial charge is 0.332 e. The van der Waals surface area contributed by atoms with Gasteiger partial charge in [0.15, 0.2) is 0 Å². The molecule has 4 bridgehead atoms. The lowest BCUT2D eigenvalue weighted by Crippen LogP contribution is -2.55. The zero-order valence-electron chi connectivity index (χ0n) is 20.9. The van der Waals surface area contributed by atoms with Gasteiger partial charge < -0.3 is 10.2 Å². The summed E-state index contributed by atoms with van der Waals surface area (Å²) in [5.74, 6) is 1.21. The third kappa shape index (κ3) is 4.20. The molecule has 4 aliphatic carbocycles. The summed E-state index contributed by atoms with van der Waals surface area (Å²) in [7, 11) is 0. The first kappa shape index (κ1) is 24.2. The number of hydrogen-bond acceptors (Lipinski definition) is 4. The van der Waals surface area contributed by atoms with Gasteiger partial charge in [-0.3, -0.25) is 9.59 Å². The molecule has 2 atom stereocenters. The first-order valence-corrected chi connectivity index (χ1v) is 13.7. The van der Waals surface area contributed by atoms with Crippen molar-refractivity contribution in [2.75, 3.05) is 11.9 Å². The van der Waals surface area contributed by atoms with Crippen molar-refractivity contribution in [3.8, 4) is 0 Å². The highest BCUT2D eigenvalue weighted by Gasteiger charge is 2.60. The van der Waals surface area contributed by atoms with Crippen molar-refractivity contribution in [1.29, 1.82) is 0 Å². The maximum atomic E-state index is 13.4. The Morgan fingerprint density at radius 3 is 2.56 bits per heavy atom. The van der Waals surface area contributed by atoms with Crippen LogP contribution >= 0.6 is 23.2 Å². The number of fused-ring (bicyclic) bond motifs is 1. The minimum Gasteiger partial charge on any atom is -0.332 e. The van der Waals surface area contributed by atoms with E-state index in [1.807, 2.05) is 0 Å². The van der Waals surface area contributed by atoms with Gasteiger partial charge in [0.1, 0.15) is 12.1 Å². The Balaban J connectivity index is 1.17. The molecule has 4 fully saturated rings. The Hall–Kier alpha value is -2.18. The van der Waals surface area contributed by atoms with Crippen LogP contribution in [-0.2, 0) is 17.8 Å². The van der Waals surface area contributed by atoms with Gasteiger partial charge >= 0.3 is 0 Å². The van der Waals surface area contributed by atoms with Gasteiger partial charge in [0.25, 0.3) is 5.91 Å². The van der Waals surface area contributed by atoms with Crippen LogP contribution in [0.1, 0.15) is 80.4 Å². The van der Waals surface area contributed by atoms with E-state index in [1.165, 1.54) is 32.0 Å². The summed E-state index contributed by atoms with van der Waals surface area (Å²) in [6.07, 6.45) is 10.0. The molecule has 5 aliphatic rings. The highest BCUT2D eigenvalue weighted by molar-refractivity contribution is 6.43. The average molecular weight is 527 g/mol. The predicted octanol–water partition coefficient (Wildman–Crippen LogP) is 6.31. The smallest absolute Gasteiger partial charge is 0.255 e. The second-order valence-corrected chi connectivity index (χ2v) is 13.4. The van der Waals surface area contributed by atoms with E-state index in [0.29, 0.717) is 53.2 Å². The van der Waals surface area contributed by atoms with E-state index in [9.17, 15) is 9.59 Å². The summed E-state index contributed by atoms with van der Waals surface area (Å²) in [4.78, 5) is 37.1. The Morgan fingerprint density at radius 2 is 1.83 bits per heavy atom. The molecule has 2 heterocycles. The highest BCUT2D eigenvalue weighted by atomic mass is 35.5. The molecular formula is C28H32Cl2N4O2. The van der Waals surface area contributed by atoms with E-state index in [4.69, 9.17) is 23.2 Å². The summed E-state index contributed by atoms with van der Waals surface area (Å²) in [5, 5.41) is 3.75. The highest BCUT2D eigenvalue weighted by Crippen LogP contribution is 2.70. The number of carbonyl (C=O) groups is 2. The Kier molecular flexibility index (Phi) is 5.65. The fraction of sp³-hybridized carbons (Fsp3) is 0.571.